The van der Waals surface area contributed by atoms with Crippen molar-refractivity contribution in [3.63, 3.8) is 0 Å². The fourth-order valence-corrected chi connectivity index (χ4v) is 4.51. The standard InChI is InChI=1S/C20H25Cl2N3OS/c1-20(2,3)19-23-15(13-27-19)12-24-7-4-8-25(10-9-24)18(26)16-6-5-14(21)11-17(16)22/h5-6,11,13H,4,7-10,12H2,1-3H3. The molecule has 1 aliphatic rings. The largest absolute Gasteiger partial charge is 0.337 e. The first-order chi connectivity index (χ1) is 12.7. The molecule has 0 aliphatic carbocycles. The summed E-state index contributed by atoms with van der Waals surface area (Å²) in [5.74, 6) is -0.0257. The number of hydrogen-bond acceptors (Lipinski definition) is 4. The van der Waals surface area contributed by atoms with Gasteiger partial charge in [0.05, 0.1) is 21.3 Å². The van der Waals surface area contributed by atoms with Crippen molar-refractivity contribution in [3.8, 4) is 0 Å². The maximum absolute atomic E-state index is 12.8. The number of nitrogens with zero attached hydrogens (tertiary/aromatic N) is 3. The second-order valence-corrected chi connectivity index (χ2v) is 9.64. The Labute approximate surface area is 175 Å². The highest BCUT2D eigenvalue weighted by Crippen LogP contribution is 2.26. The molecule has 27 heavy (non-hydrogen) atoms. The van der Waals surface area contributed by atoms with E-state index in [1.807, 2.05) is 4.90 Å². The topological polar surface area (TPSA) is 36.4 Å². The molecule has 1 saturated heterocycles. The van der Waals surface area contributed by atoms with E-state index in [1.54, 1.807) is 29.5 Å². The van der Waals surface area contributed by atoms with Crippen LogP contribution in [0.25, 0.3) is 0 Å². The predicted molar refractivity (Wildman–Crippen MR) is 113 cm³/mol. The van der Waals surface area contributed by atoms with Crippen LogP contribution in [0.3, 0.4) is 0 Å². The first kappa shape index (κ1) is 20.6. The van der Waals surface area contributed by atoms with Crippen molar-refractivity contribution in [2.45, 2.75) is 39.2 Å². The zero-order valence-electron chi connectivity index (χ0n) is 16.0. The Balaban J connectivity index is 1.62. The summed E-state index contributed by atoms with van der Waals surface area (Å²) < 4.78 is 0. The van der Waals surface area contributed by atoms with E-state index in [4.69, 9.17) is 28.2 Å². The van der Waals surface area contributed by atoms with Crippen molar-refractivity contribution >= 4 is 40.4 Å². The zero-order valence-corrected chi connectivity index (χ0v) is 18.3. The maximum atomic E-state index is 12.8. The number of hydrogen-bond donors (Lipinski definition) is 0. The second-order valence-electron chi connectivity index (χ2n) is 7.94. The number of rotatable bonds is 3. The van der Waals surface area contributed by atoms with Crippen LogP contribution in [0.5, 0.6) is 0 Å². The summed E-state index contributed by atoms with van der Waals surface area (Å²) >= 11 is 13.9. The zero-order chi connectivity index (χ0) is 19.6. The number of carbonyl (C=O) groups is 1. The van der Waals surface area contributed by atoms with Crippen molar-refractivity contribution in [1.82, 2.24) is 14.8 Å². The molecule has 7 heteroatoms. The first-order valence-corrected chi connectivity index (χ1v) is 10.8. The highest BCUT2D eigenvalue weighted by atomic mass is 35.5. The smallest absolute Gasteiger partial charge is 0.255 e. The van der Waals surface area contributed by atoms with Crippen LogP contribution in [0.15, 0.2) is 23.6 Å². The minimum absolute atomic E-state index is 0.0257. The summed E-state index contributed by atoms with van der Waals surface area (Å²) in [7, 11) is 0. The third-order valence-electron chi connectivity index (χ3n) is 4.62. The van der Waals surface area contributed by atoms with Crippen molar-refractivity contribution in [1.29, 1.82) is 0 Å². The average molecular weight is 426 g/mol. The van der Waals surface area contributed by atoms with Gasteiger partial charge in [-0.25, -0.2) is 4.98 Å². The fraction of sp³-hybridized carbons (Fsp3) is 0.500. The lowest BCUT2D eigenvalue weighted by Gasteiger charge is -2.22. The Bertz CT molecular complexity index is 816. The van der Waals surface area contributed by atoms with Gasteiger partial charge in [-0.2, -0.15) is 0 Å². The molecule has 0 N–H and O–H groups in total. The van der Waals surface area contributed by atoms with E-state index in [0.717, 1.165) is 38.3 Å². The monoisotopic (exact) mass is 425 g/mol. The van der Waals surface area contributed by atoms with Gasteiger partial charge in [-0.15, -0.1) is 11.3 Å². The minimum Gasteiger partial charge on any atom is -0.337 e. The third-order valence-corrected chi connectivity index (χ3v) is 6.48. The highest BCUT2D eigenvalue weighted by Gasteiger charge is 2.23. The molecule has 1 amide bonds. The van der Waals surface area contributed by atoms with Gasteiger partial charge in [0, 0.05) is 48.5 Å². The fourth-order valence-electron chi connectivity index (χ4n) is 3.12. The van der Waals surface area contributed by atoms with E-state index in [-0.39, 0.29) is 11.3 Å². The summed E-state index contributed by atoms with van der Waals surface area (Å²) in [6.07, 6.45) is 0.938. The van der Waals surface area contributed by atoms with Crippen molar-refractivity contribution < 1.29 is 4.79 Å². The van der Waals surface area contributed by atoms with Gasteiger partial charge in [-0.3, -0.25) is 9.69 Å². The van der Waals surface area contributed by atoms with Gasteiger partial charge >= 0.3 is 0 Å². The van der Waals surface area contributed by atoms with Crippen LogP contribution in [0.4, 0.5) is 0 Å². The van der Waals surface area contributed by atoms with Crippen molar-refractivity contribution in [2.24, 2.45) is 0 Å². The SMILES string of the molecule is CC(C)(C)c1nc(CN2CCCN(C(=O)c3ccc(Cl)cc3Cl)CC2)cs1. The number of amides is 1. The van der Waals surface area contributed by atoms with Gasteiger partial charge in [-0.1, -0.05) is 44.0 Å². The van der Waals surface area contributed by atoms with E-state index < -0.39 is 0 Å². The number of halogens is 2. The lowest BCUT2D eigenvalue weighted by Crippen LogP contribution is -2.35. The lowest BCUT2D eigenvalue weighted by molar-refractivity contribution is 0.0761. The number of benzene rings is 1. The molecule has 2 heterocycles. The molecule has 1 fully saturated rings. The molecular formula is C20H25Cl2N3OS. The molecule has 4 nitrogen and oxygen atoms in total. The molecule has 0 radical (unpaired) electrons. The first-order valence-electron chi connectivity index (χ1n) is 9.15. The molecule has 146 valence electrons. The Morgan fingerprint density at radius 2 is 1.96 bits per heavy atom. The third kappa shape index (κ3) is 5.23. The van der Waals surface area contributed by atoms with Gasteiger partial charge in [0.25, 0.3) is 5.91 Å². The molecule has 0 spiro atoms. The van der Waals surface area contributed by atoms with Gasteiger partial charge in [-0.05, 0) is 24.6 Å². The average Bonchev–Trinajstić information content (AvgIpc) is 2.94. The van der Waals surface area contributed by atoms with Crippen LogP contribution < -0.4 is 0 Å². The predicted octanol–water partition coefficient (Wildman–Crippen LogP) is 5.10. The Hall–Kier alpha value is -1.14. The number of thiazole rings is 1. The van der Waals surface area contributed by atoms with E-state index in [1.165, 1.54) is 5.01 Å². The van der Waals surface area contributed by atoms with Crippen LogP contribution in [0.2, 0.25) is 10.0 Å². The molecule has 1 aromatic heterocycles. The molecule has 0 unspecified atom stereocenters. The van der Waals surface area contributed by atoms with Crippen LogP contribution in [0, 0.1) is 0 Å². The molecule has 2 aromatic rings. The molecule has 1 aromatic carbocycles. The summed E-state index contributed by atoms with van der Waals surface area (Å²) in [4.78, 5) is 21.9. The molecule has 0 saturated carbocycles. The molecule has 0 bridgehead atoms. The van der Waals surface area contributed by atoms with Gasteiger partial charge in [0.1, 0.15) is 0 Å². The van der Waals surface area contributed by atoms with E-state index in [9.17, 15) is 4.79 Å². The van der Waals surface area contributed by atoms with Crippen molar-refractivity contribution in [3.05, 3.63) is 49.9 Å². The Morgan fingerprint density at radius 1 is 1.19 bits per heavy atom. The molecule has 0 atom stereocenters. The van der Waals surface area contributed by atoms with Crippen LogP contribution in [0.1, 0.15) is 48.3 Å². The van der Waals surface area contributed by atoms with E-state index in [0.29, 0.717) is 22.2 Å². The van der Waals surface area contributed by atoms with Gasteiger partial charge < -0.3 is 4.90 Å². The second kappa shape index (κ2) is 8.48. The normalized spacial score (nSPS) is 16.4. The molecular weight excluding hydrogens is 401 g/mol. The van der Waals surface area contributed by atoms with Gasteiger partial charge in [0.15, 0.2) is 0 Å². The Morgan fingerprint density at radius 3 is 2.63 bits per heavy atom. The highest BCUT2D eigenvalue weighted by molar-refractivity contribution is 7.09. The van der Waals surface area contributed by atoms with Crippen LogP contribution in [-0.4, -0.2) is 46.9 Å². The summed E-state index contributed by atoms with van der Waals surface area (Å²) in [5, 5.41) is 4.27. The summed E-state index contributed by atoms with van der Waals surface area (Å²) in [6.45, 7) is 10.6. The quantitative estimate of drug-likeness (QED) is 0.686. The molecule has 1 aliphatic heterocycles. The van der Waals surface area contributed by atoms with E-state index in [2.05, 4.69) is 31.1 Å². The number of carbonyl (C=O) groups excluding carboxylic acids is 1. The maximum Gasteiger partial charge on any atom is 0.255 e. The summed E-state index contributed by atoms with van der Waals surface area (Å²) in [5.41, 5.74) is 1.72. The molecule has 3 rings (SSSR count). The van der Waals surface area contributed by atoms with Crippen molar-refractivity contribution in [2.75, 3.05) is 26.2 Å². The number of aromatic nitrogens is 1. The minimum atomic E-state index is -0.0257. The van der Waals surface area contributed by atoms with Crippen LogP contribution in [-0.2, 0) is 12.0 Å². The lowest BCUT2D eigenvalue weighted by atomic mass is 9.98. The van der Waals surface area contributed by atoms with Crippen LogP contribution >= 0.6 is 34.5 Å². The Kier molecular flexibility index (Phi) is 6.46. The summed E-state index contributed by atoms with van der Waals surface area (Å²) in [6, 6.07) is 5.04. The van der Waals surface area contributed by atoms with E-state index >= 15 is 0 Å². The van der Waals surface area contributed by atoms with Gasteiger partial charge in [0.2, 0.25) is 0 Å².